The van der Waals surface area contributed by atoms with Crippen LogP contribution in [-0.2, 0) is 0 Å². The van der Waals surface area contributed by atoms with Crippen LogP contribution in [0.5, 0.6) is 0 Å². The van der Waals surface area contributed by atoms with Gasteiger partial charge in [0.05, 0.1) is 10.7 Å². The van der Waals surface area contributed by atoms with Crippen LogP contribution in [0.3, 0.4) is 0 Å². The molecule has 1 aliphatic carbocycles. The molecule has 1 fully saturated rings. The summed E-state index contributed by atoms with van der Waals surface area (Å²) < 4.78 is 13.5. The number of anilines is 1. The van der Waals surface area contributed by atoms with Crippen molar-refractivity contribution in [2.24, 2.45) is 5.92 Å². The SMILES string of the molecule is CNC1CCC(CNc2cc(F)c(C)cc2Cl)CC1. The van der Waals surface area contributed by atoms with Crippen LogP contribution < -0.4 is 10.6 Å². The third-order valence-electron chi connectivity index (χ3n) is 4.08. The number of hydrogen-bond donors (Lipinski definition) is 2. The number of hydrogen-bond acceptors (Lipinski definition) is 2. The molecular formula is C15H22ClFN2. The van der Waals surface area contributed by atoms with E-state index in [1.54, 1.807) is 13.0 Å². The lowest BCUT2D eigenvalue weighted by Crippen LogP contribution is -2.32. The van der Waals surface area contributed by atoms with Gasteiger partial charge in [0.25, 0.3) is 0 Å². The number of rotatable bonds is 4. The highest BCUT2D eigenvalue weighted by Crippen LogP contribution is 2.28. The van der Waals surface area contributed by atoms with Gasteiger partial charge in [-0.15, -0.1) is 0 Å². The molecule has 0 atom stereocenters. The van der Waals surface area contributed by atoms with Crippen LogP contribution in [0.1, 0.15) is 31.2 Å². The Morgan fingerprint density at radius 1 is 1.26 bits per heavy atom. The van der Waals surface area contributed by atoms with E-state index in [-0.39, 0.29) is 5.82 Å². The molecule has 106 valence electrons. The largest absolute Gasteiger partial charge is 0.383 e. The van der Waals surface area contributed by atoms with Crippen LogP contribution >= 0.6 is 11.6 Å². The first kappa shape index (κ1) is 14.6. The molecule has 2 rings (SSSR count). The van der Waals surface area contributed by atoms with Crippen LogP contribution in [0.4, 0.5) is 10.1 Å². The van der Waals surface area contributed by atoms with Gasteiger partial charge < -0.3 is 10.6 Å². The Balaban J connectivity index is 1.88. The maximum atomic E-state index is 13.5. The molecule has 0 amide bonds. The van der Waals surface area contributed by atoms with E-state index in [0.717, 1.165) is 6.54 Å². The molecule has 0 aromatic heterocycles. The summed E-state index contributed by atoms with van der Waals surface area (Å²) in [5, 5.41) is 7.22. The molecule has 1 aliphatic rings. The molecule has 19 heavy (non-hydrogen) atoms. The molecule has 4 heteroatoms. The number of aryl methyl sites for hydroxylation is 1. The van der Waals surface area contributed by atoms with Crippen molar-refractivity contribution in [2.45, 2.75) is 38.6 Å². The van der Waals surface area contributed by atoms with Crippen LogP contribution in [0.2, 0.25) is 5.02 Å². The van der Waals surface area contributed by atoms with Crippen LogP contribution in [-0.4, -0.2) is 19.6 Å². The maximum Gasteiger partial charge on any atom is 0.128 e. The van der Waals surface area contributed by atoms with E-state index >= 15 is 0 Å². The van der Waals surface area contributed by atoms with Crippen molar-refractivity contribution < 1.29 is 4.39 Å². The minimum absolute atomic E-state index is 0.203. The standard InChI is InChI=1S/C15H22ClFN2/c1-10-7-13(16)15(8-14(10)17)19-9-11-3-5-12(18-2)6-4-11/h7-8,11-12,18-19H,3-6,9H2,1-2H3. The Bertz CT molecular complexity index is 428. The van der Waals surface area contributed by atoms with E-state index in [1.165, 1.54) is 31.7 Å². The average Bonchev–Trinajstić information content (AvgIpc) is 2.42. The Morgan fingerprint density at radius 3 is 2.58 bits per heavy atom. The van der Waals surface area contributed by atoms with Gasteiger partial charge in [-0.3, -0.25) is 0 Å². The molecule has 0 unspecified atom stereocenters. The van der Waals surface area contributed by atoms with Gasteiger partial charge in [0.1, 0.15) is 5.82 Å². The first-order valence-electron chi connectivity index (χ1n) is 6.97. The Hall–Kier alpha value is -0.800. The van der Waals surface area contributed by atoms with Crippen molar-refractivity contribution in [1.82, 2.24) is 5.32 Å². The first-order chi connectivity index (χ1) is 9.10. The smallest absolute Gasteiger partial charge is 0.128 e. The molecule has 0 radical (unpaired) electrons. The molecular weight excluding hydrogens is 263 g/mol. The zero-order valence-corrected chi connectivity index (χ0v) is 12.4. The Labute approximate surface area is 119 Å². The summed E-state index contributed by atoms with van der Waals surface area (Å²) in [5.41, 5.74) is 1.30. The average molecular weight is 285 g/mol. The first-order valence-corrected chi connectivity index (χ1v) is 7.34. The zero-order chi connectivity index (χ0) is 13.8. The maximum absolute atomic E-state index is 13.5. The molecule has 1 saturated carbocycles. The van der Waals surface area contributed by atoms with Gasteiger partial charge in [-0.05, 0) is 63.3 Å². The second-order valence-electron chi connectivity index (χ2n) is 5.47. The third-order valence-corrected chi connectivity index (χ3v) is 4.40. The highest BCUT2D eigenvalue weighted by atomic mass is 35.5. The van der Waals surface area contributed by atoms with Gasteiger partial charge in [0, 0.05) is 12.6 Å². The van der Waals surface area contributed by atoms with Crippen LogP contribution in [0.15, 0.2) is 12.1 Å². The van der Waals surface area contributed by atoms with Crippen molar-refractivity contribution in [3.05, 3.63) is 28.5 Å². The van der Waals surface area contributed by atoms with Gasteiger partial charge in [0.2, 0.25) is 0 Å². The minimum Gasteiger partial charge on any atom is -0.383 e. The number of benzene rings is 1. The fourth-order valence-corrected chi connectivity index (χ4v) is 2.98. The predicted molar refractivity (Wildman–Crippen MR) is 79.4 cm³/mol. The highest BCUT2D eigenvalue weighted by Gasteiger charge is 2.19. The quantitative estimate of drug-likeness (QED) is 0.874. The lowest BCUT2D eigenvalue weighted by atomic mass is 9.86. The second-order valence-corrected chi connectivity index (χ2v) is 5.88. The Morgan fingerprint density at radius 2 is 1.95 bits per heavy atom. The molecule has 0 spiro atoms. The van der Waals surface area contributed by atoms with Crippen molar-refractivity contribution in [3.8, 4) is 0 Å². The van der Waals surface area contributed by atoms with Crippen molar-refractivity contribution in [2.75, 3.05) is 18.9 Å². The molecule has 0 saturated heterocycles. The van der Waals surface area contributed by atoms with E-state index in [9.17, 15) is 4.39 Å². The summed E-state index contributed by atoms with van der Waals surface area (Å²) >= 11 is 6.13. The fraction of sp³-hybridized carbons (Fsp3) is 0.600. The van der Waals surface area contributed by atoms with Crippen LogP contribution in [0.25, 0.3) is 0 Å². The summed E-state index contributed by atoms with van der Waals surface area (Å²) in [4.78, 5) is 0. The predicted octanol–water partition coefficient (Wildman–Crippen LogP) is 3.98. The van der Waals surface area contributed by atoms with Crippen molar-refractivity contribution in [3.63, 3.8) is 0 Å². The highest BCUT2D eigenvalue weighted by molar-refractivity contribution is 6.33. The summed E-state index contributed by atoms with van der Waals surface area (Å²) in [6, 6.07) is 3.84. The number of nitrogens with one attached hydrogen (secondary N) is 2. The Kier molecular flexibility index (Phi) is 5.06. The number of halogens is 2. The monoisotopic (exact) mass is 284 g/mol. The summed E-state index contributed by atoms with van der Waals surface area (Å²) in [7, 11) is 2.03. The lowest BCUT2D eigenvalue weighted by molar-refractivity contribution is 0.312. The van der Waals surface area contributed by atoms with E-state index in [1.807, 2.05) is 7.05 Å². The molecule has 1 aromatic carbocycles. The fourth-order valence-electron chi connectivity index (χ4n) is 2.69. The summed E-state index contributed by atoms with van der Waals surface area (Å²) in [6.45, 7) is 2.60. The second kappa shape index (κ2) is 6.58. The summed E-state index contributed by atoms with van der Waals surface area (Å²) in [5.74, 6) is 0.454. The van der Waals surface area contributed by atoms with Crippen molar-refractivity contribution >= 4 is 17.3 Å². The molecule has 2 nitrogen and oxygen atoms in total. The molecule has 0 aliphatic heterocycles. The van der Waals surface area contributed by atoms with E-state index < -0.39 is 0 Å². The molecule has 2 N–H and O–H groups in total. The molecule has 1 aromatic rings. The van der Waals surface area contributed by atoms with E-state index in [2.05, 4.69) is 10.6 Å². The summed E-state index contributed by atoms with van der Waals surface area (Å²) in [6.07, 6.45) is 4.87. The minimum atomic E-state index is -0.203. The van der Waals surface area contributed by atoms with Gasteiger partial charge in [0.15, 0.2) is 0 Å². The topological polar surface area (TPSA) is 24.1 Å². The molecule has 0 heterocycles. The molecule has 0 bridgehead atoms. The van der Waals surface area contributed by atoms with Gasteiger partial charge >= 0.3 is 0 Å². The van der Waals surface area contributed by atoms with Gasteiger partial charge in [-0.1, -0.05) is 11.6 Å². The lowest BCUT2D eigenvalue weighted by Gasteiger charge is -2.28. The zero-order valence-electron chi connectivity index (χ0n) is 11.6. The van der Waals surface area contributed by atoms with E-state index in [0.29, 0.717) is 28.2 Å². The van der Waals surface area contributed by atoms with E-state index in [4.69, 9.17) is 11.6 Å². The third kappa shape index (κ3) is 3.83. The van der Waals surface area contributed by atoms with Gasteiger partial charge in [-0.2, -0.15) is 0 Å². The van der Waals surface area contributed by atoms with Crippen LogP contribution in [0, 0.1) is 18.7 Å². The van der Waals surface area contributed by atoms with Crippen molar-refractivity contribution in [1.29, 1.82) is 0 Å². The normalized spacial score (nSPS) is 23.4. The van der Waals surface area contributed by atoms with Gasteiger partial charge in [-0.25, -0.2) is 4.39 Å².